The molecule has 0 saturated heterocycles. The number of hydrogen-bond donors (Lipinski definition) is 2. The van der Waals surface area contributed by atoms with E-state index in [1.807, 2.05) is 0 Å². The first-order valence-corrected chi connectivity index (χ1v) is 7.05. The van der Waals surface area contributed by atoms with Crippen LogP contribution in [-0.2, 0) is 0 Å². The van der Waals surface area contributed by atoms with Crippen molar-refractivity contribution in [2.24, 2.45) is 0 Å². The van der Waals surface area contributed by atoms with E-state index in [9.17, 15) is 9.90 Å². The highest BCUT2D eigenvalue weighted by atomic mass is 35.5. The number of benzene rings is 2. The lowest BCUT2D eigenvalue weighted by Gasteiger charge is -2.09. The molecule has 0 fully saturated rings. The third-order valence-electron chi connectivity index (χ3n) is 3.29. The Morgan fingerprint density at radius 2 is 2.04 bits per heavy atom. The van der Waals surface area contributed by atoms with E-state index in [4.69, 9.17) is 16.3 Å². The zero-order valence-corrected chi connectivity index (χ0v) is 14.1. The van der Waals surface area contributed by atoms with Crippen molar-refractivity contribution in [2.75, 3.05) is 12.4 Å². The molecule has 3 aromatic rings. The van der Waals surface area contributed by atoms with E-state index < -0.39 is 5.91 Å². The maximum atomic E-state index is 12.4. The molecule has 0 aliphatic rings. The van der Waals surface area contributed by atoms with E-state index >= 15 is 0 Å². The summed E-state index contributed by atoms with van der Waals surface area (Å²) in [5.41, 5.74) is 0.886. The molecule has 0 bridgehead atoms. The van der Waals surface area contributed by atoms with Crippen LogP contribution in [0.25, 0.3) is 10.9 Å². The van der Waals surface area contributed by atoms with Crippen LogP contribution in [0.2, 0.25) is 5.02 Å². The molecule has 1 heterocycles. The van der Waals surface area contributed by atoms with Crippen molar-refractivity contribution in [1.82, 2.24) is 9.97 Å². The number of ether oxygens (including phenoxy) is 1. The van der Waals surface area contributed by atoms with Crippen LogP contribution in [0.1, 0.15) is 10.4 Å². The van der Waals surface area contributed by atoms with Crippen LogP contribution in [0.3, 0.4) is 0 Å². The van der Waals surface area contributed by atoms with Crippen molar-refractivity contribution in [1.29, 1.82) is 0 Å². The van der Waals surface area contributed by atoms with E-state index in [1.54, 1.807) is 24.3 Å². The van der Waals surface area contributed by atoms with Crippen molar-refractivity contribution >= 4 is 46.6 Å². The first-order chi connectivity index (χ1) is 11.1. The average Bonchev–Trinajstić information content (AvgIpc) is 2.55. The van der Waals surface area contributed by atoms with Crippen molar-refractivity contribution in [3.05, 3.63) is 53.3 Å². The van der Waals surface area contributed by atoms with Gasteiger partial charge >= 0.3 is 0 Å². The number of halogens is 2. The van der Waals surface area contributed by atoms with Gasteiger partial charge in [0.15, 0.2) is 0 Å². The van der Waals surface area contributed by atoms with Crippen LogP contribution in [-0.4, -0.2) is 28.1 Å². The zero-order chi connectivity index (χ0) is 16.4. The fourth-order valence-corrected chi connectivity index (χ4v) is 2.36. The number of nitrogens with one attached hydrogen (secondary N) is 1. The summed E-state index contributed by atoms with van der Waals surface area (Å²) >= 11 is 5.95. The number of amides is 1. The number of hydrogen-bond acceptors (Lipinski definition) is 5. The Morgan fingerprint density at radius 3 is 2.79 bits per heavy atom. The molecule has 2 aromatic carbocycles. The summed E-state index contributed by atoms with van der Waals surface area (Å²) in [6.07, 6.45) is 1.32. The molecule has 0 atom stereocenters. The molecule has 0 spiro atoms. The predicted octanol–water partition coefficient (Wildman–Crippen LogP) is 3.67. The number of rotatable bonds is 3. The summed E-state index contributed by atoms with van der Waals surface area (Å²) < 4.78 is 5.10. The molecule has 8 heteroatoms. The number of aromatic nitrogens is 2. The molecule has 0 saturated carbocycles. The number of methoxy groups -OCH3 is 1. The van der Waals surface area contributed by atoms with Crippen molar-refractivity contribution in [3.63, 3.8) is 0 Å². The Hall–Kier alpha value is -2.57. The van der Waals surface area contributed by atoms with Gasteiger partial charge in [0, 0.05) is 5.56 Å². The molecule has 3 rings (SSSR count). The van der Waals surface area contributed by atoms with E-state index in [2.05, 4.69) is 15.3 Å². The van der Waals surface area contributed by atoms with Gasteiger partial charge in [-0.15, -0.1) is 12.4 Å². The lowest BCUT2D eigenvalue weighted by atomic mass is 10.2. The maximum absolute atomic E-state index is 12.4. The number of phenols is 1. The lowest BCUT2D eigenvalue weighted by molar-refractivity contribution is 0.102. The van der Waals surface area contributed by atoms with Gasteiger partial charge in [-0.25, -0.2) is 9.97 Å². The Labute approximate surface area is 148 Å². The molecular formula is C16H13Cl2N3O3. The molecule has 0 aliphatic heterocycles. The van der Waals surface area contributed by atoms with Crippen LogP contribution in [0.4, 0.5) is 5.82 Å². The number of anilines is 1. The van der Waals surface area contributed by atoms with Gasteiger partial charge in [0.1, 0.15) is 23.6 Å². The summed E-state index contributed by atoms with van der Waals surface area (Å²) in [5.74, 6) is 0.219. The fourth-order valence-electron chi connectivity index (χ4n) is 2.17. The highest BCUT2D eigenvalue weighted by Crippen LogP contribution is 2.29. The number of aromatic hydroxyl groups is 1. The molecule has 1 aromatic heterocycles. The average molecular weight is 366 g/mol. The van der Waals surface area contributed by atoms with Gasteiger partial charge in [-0.2, -0.15) is 0 Å². The Balaban J connectivity index is 0.00000208. The minimum Gasteiger partial charge on any atom is -0.507 e. The van der Waals surface area contributed by atoms with E-state index in [0.29, 0.717) is 27.2 Å². The number of carbonyl (C=O) groups is 1. The number of nitrogens with zero attached hydrogens (tertiary/aromatic N) is 2. The van der Waals surface area contributed by atoms with Crippen molar-refractivity contribution in [3.8, 4) is 11.5 Å². The smallest absolute Gasteiger partial charge is 0.256 e. The van der Waals surface area contributed by atoms with Gasteiger partial charge in [0.25, 0.3) is 5.91 Å². The van der Waals surface area contributed by atoms with Crippen LogP contribution < -0.4 is 10.1 Å². The van der Waals surface area contributed by atoms with Gasteiger partial charge in [-0.1, -0.05) is 17.7 Å². The van der Waals surface area contributed by atoms with Crippen LogP contribution >= 0.6 is 24.0 Å². The number of carbonyl (C=O) groups excluding carboxylic acids is 1. The van der Waals surface area contributed by atoms with Gasteiger partial charge < -0.3 is 15.2 Å². The summed E-state index contributed by atoms with van der Waals surface area (Å²) in [6, 6.07) is 9.57. The van der Waals surface area contributed by atoms with Gasteiger partial charge in [-0.05, 0) is 30.3 Å². The number of fused-ring (bicyclic) bond motifs is 1. The SMILES string of the molecule is COc1cc(C(=O)Nc2ncnc3cccc(O)c23)ccc1Cl.Cl. The lowest BCUT2D eigenvalue weighted by Crippen LogP contribution is -2.13. The number of phenolic OH excluding ortho intramolecular Hbond substituents is 1. The molecular weight excluding hydrogens is 353 g/mol. The van der Waals surface area contributed by atoms with E-state index in [0.717, 1.165) is 0 Å². The van der Waals surface area contributed by atoms with Crippen LogP contribution in [0.5, 0.6) is 11.5 Å². The minimum absolute atomic E-state index is 0. The molecule has 6 nitrogen and oxygen atoms in total. The minimum atomic E-state index is -0.400. The first kappa shape index (κ1) is 17.8. The normalized spacial score (nSPS) is 10.1. The van der Waals surface area contributed by atoms with Crippen LogP contribution in [0.15, 0.2) is 42.7 Å². The molecule has 24 heavy (non-hydrogen) atoms. The van der Waals surface area contributed by atoms with Crippen molar-refractivity contribution in [2.45, 2.75) is 0 Å². The topological polar surface area (TPSA) is 84.3 Å². The summed E-state index contributed by atoms with van der Waals surface area (Å²) in [5, 5.41) is 13.4. The van der Waals surface area contributed by atoms with Crippen LogP contribution in [0, 0.1) is 0 Å². The Kier molecular flexibility index (Phi) is 5.43. The molecule has 0 unspecified atom stereocenters. The second kappa shape index (κ2) is 7.33. The molecule has 124 valence electrons. The quantitative estimate of drug-likeness (QED) is 0.739. The van der Waals surface area contributed by atoms with Crippen molar-refractivity contribution < 1.29 is 14.6 Å². The molecule has 0 radical (unpaired) electrons. The predicted molar refractivity (Wildman–Crippen MR) is 94.4 cm³/mol. The summed E-state index contributed by atoms with van der Waals surface area (Å²) in [4.78, 5) is 20.5. The van der Waals surface area contributed by atoms with E-state index in [-0.39, 0.29) is 24.0 Å². The maximum Gasteiger partial charge on any atom is 0.256 e. The highest BCUT2D eigenvalue weighted by Gasteiger charge is 2.14. The largest absolute Gasteiger partial charge is 0.507 e. The second-order valence-electron chi connectivity index (χ2n) is 4.70. The Bertz CT molecular complexity index is 898. The monoisotopic (exact) mass is 365 g/mol. The summed E-state index contributed by atoms with van der Waals surface area (Å²) in [6.45, 7) is 0. The standard InChI is InChI=1S/C16H12ClN3O3.ClH/c1-23-13-7-9(5-6-10(13)17)16(22)20-15-14-11(18-8-19-15)3-2-4-12(14)21;/h2-8,21H,1H3,(H,18,19,20,22);1H. The first-order valence-electron chi connectivity index (χ1n) is 6.67. The molecule has 2 N–H and O–H groups in total. The third kappa shape index (κ3) is 3.34. The summed E-state index contributed by atoms with van der Waals surface area (Å²) in [7, 11) is 1.47. The van der Waals surface area contributed by atoms with Gasteiger partial charge in [0.05, 0.1) is 23.0 Å². The molecule has 0 aliphatic carbocycles. The fraction of sp³-hybridized carbons (Fsp3) is 0.0625. The zero-order valence-electron chi connectivity index (χ0n) is 12.5. The van der Waals surface area contributed by atoms with Gasteiger partial charge in [-0.3, -0.25) is 4.79 Å². The third-order valence-corrected chi connectivity index (χ3v) is 3.60. The van der Waals surface area contributed by atoms with Gasteiger partial charge in [0.2, 0.25) is 0 Å². The highest BCUT2D eigenvalue weighted by molar-refractivity contribution is 6.32. The Morgan fingerprint density at radius 1 is 1.25 bits per heavy atom. The molecule has 1 amide bonds. The second-order valence-corrected chi connectivity index (χ2v) is 5.10. The van der Waals surface area contributed by atoms with E-state index in [1.165, 1.54) is 25.6 Å².